The van der Waals surface area contributed by atoms with E-state index in [-0.39, 0.29) is 0 Å². The summed E-state index contributed by atoms with van der Waals surface area (Å²) in [5.74, 6) is 0. The van der Waals surface area contributed by atoms with Crippen molar-refractivity contribution in [3.8, 4) is 0 Å². The van der Waals surface area contributed by atoms with Gasteiger partial charge in [-0.25, -0.2) is 0 Å². The van der Waals surface area contributed by atoms with Crippen LogP contribution in [-0.2, 0) is 18.2 Å². The molecule has 0 radical (unpaired) electrons. The fraction of sp³-hybridized carbons (Fsp3) is 0. The van der Waals surface area contributed by atoms with Crippen LogP contribution in [0.25, 0.3) is 0 Å². The van der Waals surface area contributed by atoms with E-state index in [1.807, 2.05) is 3.99 Å². The Hall–Kier alpha value is -0.121. The van der Waals surface area contributed by atoms with Crippen molar-refractivity contribution in [3.05, 3.63) is 0 Å². The van der Waals surface area contributed by atoms with Crippen molar-refractivity contribution in [3.63, 3.8) is 0 Å². The summed E-state index contributed by atoms with van der Waals surface area (Å²) in [5.41, 5.74) is 0. The molecule has 0 heterocycles. The molecular weight excluding hydrogens is 264 g/mol. The molecule has 0 spiro atoms. The molecule has 0 aromatic carbocycles. The van der Waals surface area contributed by atoms with Crippen LogP contribution in [0, 0.1) is 0 Å². The molecule has 0 bridgehead atoms. The number of nitrogens with one attached hydrogen (secondary N) is 1. The van der Waals surface area contributed by atoms with Crippen molar-refractivity contribution in [2.24, 2.45) is 4.40 Å². The van der Waals surface area contributed by atoms with Crippen molar-refractivity contribution in [2.45, 2.75) is 0 Å². The van der Waals surface area contributed by atoms with E-state index in [1.54, 1.807) is 0 Å². The van der Waals surface area contributed by atoms with E-state index in [2.05, 4.69) is 0 Å². The van der Waals surface area contributed by atoms with Gasteiger partial charge in [0.2, 0.25) is 0 Å². The average Bonchev–Trinajstić information content (AvgIpc) is 1.35. The molecule has 0 aliphatic rings. The molecule has 0 rings (SSSR count). The number of carbonyl (C=O) groups is 1. The fourth-order valence-corrected chi connectivity index (χ4v) is 0.337. The van der Waals surface area contributed by atoms with Gasteiger partial charge >= 0.3 is 42.6 Å². The van der Waals surface area contributed by atoms with Crippen molar-refractivity contribution < 1.29 is 28.1 Å². The number of hydrogen-bond donors (Lipinski definition) is 3. The Labute approximate surface area is 43.2 Å². The first-order valence-electron chi connectivity index (χ1n) is 1.04. The molecule has 4 nitrogen and oxygen atoms in total. The Bertz CT molecular complexity index is 55.5. The summed E-state index contributed by atoms with van der Waals surface area (Å²) < 4.78 is 6.89. The van der Waals surface area contributed by atoms with Crippen LogP contribution in [0.15, 0.2) is 0 Å². The van der Waals surface area contributed by atoms with Gasteiger partial charge in [-0.2, -0.15) is 0 Å². The quantitative estimate of drug-likeness (QED) is 0.578. The molecule has 0 unspecified atom stereocenters. The molecular formula is CH4IrN2O2. The first-order chi connectivity index (χ1) is 2.77. The molecule has 0 saturated heterocycles. The summed E-state index contributed by atoms with van der Waals surface area (Å²) in [6, 6.07) is 0. The molecule has 0 atom stereocenters. The van der Waals surface area contributed by atoms with Gasteiger partial charge in [0.1, 0.15) is 0 Å². The average molecular weight is 268 g/mol. The van der Waals surface area contributed by atoms with Gasteiger partial charge in [0, 0.05) is 0 Å². The zero-order valence-corrected chi connectivity index (χ0v) is 5.16. The van der Waals surface area contributed by atoms with Gasteiger partial charge < -0.3 is 0 Å². The summed E-state index contributed by atoms with van der Waals surface area (Å²) in [4.78, 5) is 9.44. The summed E-state index contributed by atoms with van der Waals surface area (Å²) in [7, 11) is 0. The molecule has 0 aromatic rings. The molecule has 6 heavy (non-hydrogen) atoms. The molecule has 0 aliphatic carbocycles. The summed E-state index contributed by atoms with van der Waals surface area (Å²) in [6.07, 6.45) is -1.03. The first-order valence-corrected chi connectivity index (χ1v) is 3.62. The monoisotopic (exact) mass is 269 g/mol. The third-order valence-electron chi connectivity index (χ3n) is 0.119. The maximum absolute atomic E-state index is 9.44. The molecule has 0 aliphatic heterocycles. The fourth-order valence-electron chi connectivity index (χ4n) is 0.0412. The van der Waals surface area contributed by atoms with Crippen LogP contribution in [0.1, 0.15) is 0 Å². The topological polar surface area (TPSA) is 75.3 Å². The van der Waals surface area contributed by atoms with Crippen molar-refractivity contribution >= 4 is 6.09 Å². The Morgan fingerprint density at radius 1 is 2.00 bits per heavy atom. The molecule has 1 amide bonds. The molecule has 0 fully saturated rings. The van der Waals surface area contributed by atoms with Gasteiger partial charge in [-0.3, -0.25) is 0 Å². The van der Waals surface area contributed by atoms with E-state index in [1.165, 1.54) is 0 Å². The van der Waals surface area contributed by atoms with Gasteiger partial charge in [-0.15, -0.1) is 0 Å². The van der Waals surface area contributed by atoms with Crippen LogP contribution in [-0.4, -0.2) is 11.2 Å². The second-order valence-corrected chi connectivity index (χ2v) is 1.77. The van der Waals surface area contributed by atoms with Crippen molar-refractivity contribution in [1.82, 2.24) is 3.99 Å². The Kier molecular flexibility index (Phi) is 3.02. The molecule has 0 saturated carbocycles. The van der Waals surface area contributed by atoms with Gasteiger partial charge in [0.05, 0.1) is 0 Å². The number of hydrogen-bond acceptors (Lipinski definition) is 2. The molecule has 39 valence electrons. The third-order valence-corrected chi connectivity index (χ3v) is 0.977. The van der Waals surface area contributed by atoms with E-state index < -0.39 is 24.3 Å². The van der Waals surface area contributed by atoms with Crippen LogP contribution in [0.5, 0.6) is 0 Å². The first kappa shape index (κ1) is 5.88. The normalized spacial score (nSPS) is 8.17. The van der Waals surface area contributed by atoms with Gasteiger partial charge in [-0.1, -0.05) is 0 Å². The second-order valence-electron chi connectivity index (χ2n) is 0.485. The van der Waals surface area contributed by atoms with Crippen LogP contribution in [0.4, 0.5) is 4.79 Å². The van der Waals surface area contributed by atoms with Crippen LogP contribution in [0.3, 0.4) is 0 Å². The van der Waals surface area contributed by atoms with Gasteiger partial charge in [0.25, 0.3) is 0 Å². The summed E-state index contributed by atoms with van der Waals surface area (Å²) in [6.45, 7) is 0. The van der Waals surface area contributed by atoms with E-state index in [9.17, 15) is 4.79 Å². The van der Waals surface area contributed by atoms with E-state index in [4.69, 9.17) is 9.51 Å². The predicted octanol–water partition coefficient (Wildman–Crippen LogP) is -0.875. The number of rotatable bonds is 1. The number of amides is 1. The van der Waals surface area contributed by atoms with Crippen LogP contribution in [0.2, 0.25) is 0 Å². The van der Waals surface area contributed by atoms with Crippen molar-refractivity contribution in [2.75, 3.05) is 0 Å². The minimum absolute atomic E-state index is 0.887. The Morgan fingerprint density at radius 2 is 2.50 bits per heavy atom. The summed E-state index contributed by atoms with van der Waals surface area (Å²) in [5, 5.41) is 7.75. The molecule has 5 heteroatoms. The molecule has 4 N–H and O–H groups in total. The zero-order chi connectivity index (χ0) is 4.99. The number of carboxylic acid groups (broad SMARTS) is 1. The van der Waals surface area contributed by atoms with Crippen LogP contribution < -0.4 is 8.39 Å². The minimum atomic E-state index is -1.03. The molecule has 0 aromatic heterocycles. The summed E-state index contributed by atoms with van der Waals surface area (Å²) >= 11 is -0.887. The van der Waals surface area contributed by atoms with Gasteiger partial charge in [0.15, 0.2) is 0 Å². The van der Waals surface area contributed by atoms with E-state index >= 15 is 0 Å². The zero-order valence-electron chi connectivity index (χ0n) is 2.77. The SMILES string of the molecule is [NH2][Ir][NH]C(=O)O. The predicted molar refractivity (Wildman–Crippen MR) is 15.3 cm³/mol. The maximum atomic E-state index is 9.44. The third kappa shape index (κ3) is 3.88. The second kappa shape index (κ2) is 3.08. The Morgan fingerprint density at radius 3 is 2.50 bits per heavy atom. The Balaban J connectivity index is 2.83. The van der Waals surface area contributed by atoms with E-state index in [0.717, 1.165) is 0 Å². The standard InChI is InChI=1S/CH2NO2.Ir.H2N/c2-1(3)4;;/h2H,(H,3,4);;1H2/q-1;+2;-1. The van der Waals surface area contributed by atoms with Gasteiger partial charge in [-0.05, 0) is 0 Å². The van der Waals surface area contributed by atoms with Crippen molar-refractivity contribution in [1.29, 1.82) is 0 Å². The van der Waals surface area contributed by atoms with E-state index in [0.29, 0.717) is 0 Å². The number of nitrogens with two attached hydrogens (primary N) is 1. The van der Waals surface area contributed by atoms with Crippen LogP contribution >= 0.6 is 0 Å².